The van der Waals surface area contributed by atoms with E-state index < -0.39 is 19.9 Å². The Morgan fingerprint density at radius 1 is 0.800 bits per heavy atom. The van der Waals surface area contributed by atoms with Crippen molar-refractivity contribution in [1.29, 1.82) is 0 Å². The zero-order valence-corrected chi connectivity index (χ0v) is 15.8. The third kappa shape index (κ3) is 6.51. The molecule has 2 aromatic rings. The second-order valence-electron chi connectivity index (χ2n) is 5.94. The molecular formula is C18H23NO4S2. The molecule has 0 amide bonds. The van der Waals surface area contributed by atoms with Crippen LogP contribution in [0.25, 0.3) is 0 Å². The minimum atomic E-state index is -3.60. The topological polar surface area (TPSA) is 71.5 Å². The molecule has 5 nitrogen and oxygen atoms in total. The molecule has 0 atom stereocenters. The number of hydrogen-bond donors (Lipinski definition) is 0. The number of sulfone groups is 1. The average Bonchev–Trinajstić information content (AvgIpc) is 2.55. The van der Waals surface area contributed by atoms with Gasteiger partial charge in [-0.15, -0.1) is 0 Å². The van der Waals surface area contributed by atoms with Gasteiger partial charge in [0.05, 0.1) is 17.2 Å². The van der Waals surface area contributed by atoms with E-state index in [0.717, 1.165) is 11.8 Å². The van der Waals surface area contributed by atoms with Crippen LogP contribution in [0, 0.1) is 0 Å². The lowest BCUT2D eigenvalue weighted by atomic mass is 10.1. The number of anilines is 1. The standard InChI is InChI=1S/C18H23NO4S2/c1-24(20,21)15-8-16-25(22,23)19(18-11-6-3-7-12-18)14-13-17-9-4-2-5-10-17/h2-7,9-12H,8,13-16H2,1H3. The highest BCUT2D eigenvalue weighted by Crippen LogP contribution is 2.19. The lowest BCUT2D eigenvalue weighted by Gasteiger charge is -2.24. The minimum Gasteiger partial charge on any atom is -0.270 e. The van der Waals surface area contributed by atoms with Crippen LogP contribution in [0.15, 0.2) is 60.7 Å². The third-order valence-corrected chi connectivity index (χ3v) is 6.64. The summed E-state index contributed by atoms with van der Waals surface area (Å²) in [6, 6.07) is 18.6. The van der Waals surface area contributed by atoms with Gasteiger partial charge in [-0.25, -0.2) is 16.8 Å². The van der Waals surface area contributed by atoms with E-state index in [1.807, 2.05) is 36.4 Å². The Morgan fingerprint density at radius 3 is 1.92 bits per heavy atom. The fourth-order valence-corrected chi connectivity index (χ4v) is 4.91. The summed E-state index contributed by atoms with van der Waals surface area (Å²) < 4.78 is 49.4. The molecule has 0 heterocycles. The number of hydrogen-bond acceptors (Lipinski definition) is 4. The molecule has 136 valence electrons. The van der Waals surface area contributed by atoms with Crippen LogP contribution in [-0.4, -0.2) is 41.1 Å². The molecule has 0 fully saturated rings. The van der Waals surface area contributed by atoms with Crippen molar-refractivity contribution in [2.75, 3.05) is 28.6 Å². The predicted molar refractivity (Wildman–Crippen MR) is 102 cm³/mol. The number of rotatable bonds is 9. The molecule has 7 heteroatoms. The van der Waals surface area contributed by atoms with E-state index in [4.69, 9.17) is 0 Å². The first kappa shape index (κ1) is 19.5. The fourth-order valence-electron chi connectivity index (χ4n) is 2.51. The molecule has 0 aliphatic heterocycles. The first-order chi connectivity index (χ1) is 11.8. The van der Waals surface area contributed by atoms with E-state index >= 15 is 0 Å². The van der Waals surface area contributed by atoms with Crippen molar-refractivity contribution < 1.29 is 16.8 Å². The molecule has 0 aliphatic rings. The molecular weight excluding hydrogens is 358 g/mol. The molecule has 2 aromatic carbocycles. The Hall–Kier alpha value is -1.86. The number of sulfonamides is 1. The van der Waals surface area contributed by atoms with E-state index in [1.54, 1.807) is 24.3 Å². The van der Waals surface area contributed by atoms with Crippen molar-refractivity contribution in [3.8, 4) is 0 Å². The zero-order valence-electron chi connectivity index (χ0n) is 14.2. The van der Waals surface area contributed by atoms with Gasteiger partial charge >= 0.3 is 0 Å². The molecule has 0 radical (unpaired) electrons. The summed E-state index contributed by atoms with van der Waals surface area (Å²) in [5, 5.41) is 0. The quantitative estimate of drug-likeness (QED) is 0.669. The van der Waals surface area contributed by atoms with Crippen molar-refractivity contribution >= 4 is 25.5 Å². The van der Waals surface area contributed by atoms with Gasteiger partial charge < -0.3 is 0 Å². The second-order valence-corrected chi connectivity index (χ2v) is 10.2. The molecule has 2 rings (SSSR count). The van der Waals surface area contributed by atoms with Crippen LogP contribution in [0.4, 0.5) is 5.69 Å². The van der Waals surface area contributed by atoms with Crippen LogP contribution < -0.4 is 4.31 Å². The summed E-state index contributed by atoms with van der Waals surface area (Å²) in [5.41, 5.74) is 1.65. The molecule has 0 aromatic heterocycles. The maximum atomic E-state index is 12.8. The van der Waals surface area contributed by atoms with Crippen molar-refractivity contribution in [3.63, 3.8) is 0 Å². The third-order valence-electron chi connectivity index (χ3n) is 3.74. The van der Waals surface area contributed by atoms with Crippen LogP contribution >= 0.6 is 0 Å². The van der Waals surface area contributed by atoms with Gasteiger partial charge in [0.2, 0.25) is 10.0 Å². The van der Waals surface area contributed by atoms with Gasteiger partial charge in [0, 0.05) is 12.8 Å². The zero-order chi connectivity index (χ0) is 18.3. The van der Waals surface area contributed by atoms with Gasteiger partial charge in [-0.2, -0.15) is 0 Å². The number of para-hydroxylation sites is 1. The summed E-state index contributed by atoms with van der Waals surface area (Å²) in [6.07, 6.45) is 1.79. The molecule has 0 saturated carbocycles. The van der Waals surface area contributed by atoms with Crippen molar-refractivity contribution in [2.24, 2.45) is 0 Å². The van der Waals surface area contributed by atoms with E-state index in [2.05, 4.69) is 0 Å². The summed E-state index contributed by atoms with van der Waals surface area (Å²) in [4.78, 5) is 0. The van der Waals surface area contributed by atoms with Crippen LogP contribution in [0.2, 0.25) is 0 Å². The Bertz CT molecular complexity index is 864. The Morgan fingerprint density at radius 2 is 1.36 bits per heavy atom. The fraction of sp³-hybridized carbons (Fsp3) is 0.333. The lowest BCUT2D eigenvalue weighted by Crippen LogP contribution is -2.35. The molecule has 25 heavy (non-hydrogen) atoms. The average molecular weight is 382 g/mol. The highest BCUT2D eigenvalue weighted by Gasteiger charge is 2.22. The van der Waals surface area contributed by atoms with E-state index in [0.29, 0.717) is 18.7 Å². The molecule has 0 saturated heterocycles. The van der Waals surface area contributed by atoms with Crippen molar-refractivity contribution in [1.82, 2.24) is 0 Å². The maximum absolute atomic E-state index is 12.8. The summed E-state index contributed by atoms with van der Waals surface area (Å²) >= 11 is 0. The maximum Gasteiger partial charge on any atom is 0.235 e. The summed E-state index contributed by atoms with van der Waals surface area (Å²) in [6.45, 7) is 0.315. The highest BCUT2D eigenvalue weighted by atomic mass is 32.2. The monoisotopic (exact) mass is 381 g/mol. The van der Waals surface area contributed by atoms with Crippen LogP contribution in [0.1, 0.15) is 12.0 Å². The first-order valence-electron chi connectivity index (χ1n) is 8.05. The van der Waals surface area contributed by atoms with E-state index in [-0.39, 0.29) is 17.9 Å². The SMILES string of the molecule is CS(=O)(=O)CCCS(=O)(=O)N(CCc1ccccc1)c1ccccc1. The van der Waals surface area contributed by atoms with Crippen LogP contribution in [-0.2, 0) is 26.3 Å². The van der Waals surface area contributed by atoms with Gasteiger partial charge in [-0.3, -0.25) is 4.31 Å². The lowest BCUT2D eigenvalue weighted by molar-refractivity contribution is 0.587. The molecule has 0 bridgehead atoms. The molecule has 0 N–H and O–H groups in total. The predicted octanol–water partition coefficient (Wildman–Crippen LogP) is 2.50. The number of benzene rings is 2. The summed E-state index contributed by atoms with van der Waals surface area (Å²) in [7, 11) is -6.77. The molecule has 0 aliphatic carbocycles. The van der Waals surface area contributed by atoms with Crippen LogP contribution in [0.5, 0.6) is 0 Å². The smallest absolute Gasteiger partial charge is 0.235 e. The molecule has 0 unspecified atom stereocenters. The first-order valence-corrected chi connectivity index (χ1v) is 11.7. The summed E-state index contributed by atoms with van der Waals surface area (Å²) in [5.74, 6) is -0.322. The van der Waals surface area contributed by atoms with Gasteiger partial charge in [0.1, 0.15) is 9.84 Å². The van der Waals surface area contributed by atoms with Gasteiger partial charge in [0.25, 0.3) is 0 Å². The van der Waals surface area contributed by atoms with Gasteiger partial charge in [0.15, 0.2) is 0 Å². The van der Waals surface area contributed by atoms with Gasteiger partial charge in [-0.1, -0.05) is 48.5 Å². The largest absolute Gasteiger partial charge is 0.270 e. The van der Waals surface area contributed by atoms with Crippen molar-refractivity contribution in [2.45, 2.75) is 12.8 Å². The second kappa shape index (κ2) is 8.49. The van der Waals surface area contributed by atoms with Gasteiger partial charge in [-0.05, 0) is 30.5 Å². The Balaban J connectivity index is 2.16. The van der Waals surface area contributed by atoms with E-state index in [1.165, 1.54) is 4.31 Å². The Labute approximate surface area is 150 Å². The Kier molecular flexibility index (Phi) is 6.61. The van der Waals surface area contributed by atoms with Crippen LogP contribution in [0.3, 0.4) is 0 Å². The minimum absolute atomic E-state index is 0.0931. The van der Waals surface area contributed by atoms with E-state index in [9.17, 15) is 16.8 Å². The highest BCUT2D eigenvalue weighted by molar-refractivity contribution is 7.93. The van der Waals surface area contributed by atoms with Crippen molar-refractivity contribution in [3.05, 3.63) is 66.2 Å². The molecule has 0 spiro atoms. The number of nitrogens with zero attached hydrogens (tertiary/aromatic N) is 1. The normalized spacial score (nSPS) is 12.0.